The lowest BCUT2D eigenvalue weighted by Crippen LogP contribution is -2.13. The molecule has 0 aliphatic carbocycles. The Bertz CT molecular complexity index is 275. The van der Waals surface area contributed by atoms with Gasteiger partial charge in [0, 0.05) is 12.7 Å². The van der Waals surface area contributed by atoms with Gasteiger partial charge in [-0.1, -0.05) is 15.9 Å². The Balaban J connectivity index is 2.96. The summed E-state index contributed by atoms with van der Waals surface area (Å²) in [5.41, 5.74) is 2.45. The number of alkyl halides is 1. The van der Waals surface area contributed by atoms with Crippen LogP contribution in [0.15, 0.2) is 18.2 Å². The quantitative estimate of drug-likeness (QED) is 0.559. The highest BCUT2D eigenvalue weighted by molar-refractivity contribution is 9.09. The van der Waals surface area contributed by atoms with Crippen molar-refractivity contribution in [1.29, 1.82) is 0 Å². The van der Waals surface area contributed by atoms with Crippen molar-refractivity contribution in [1.82, 2.24) is 0 Å². The topological polar surface area (TPSA) is 3.24 Å². The molecule has 0 N–H and O–H groups in total. The molecule has 0 saturated carbocycles. The van der Waals surface area contributed by atoms with Gasteiger partial charge in [0.15, 0.2) is 0 Å². The Kier molecular flexibility index (Phi) is 3.09. The first-order valence-electron chi connectivity index (χ1n) is 3.68. The summed E-state index contributed by atoms with van der Waals surface area (Å²) < 4.78 is 12.8. The van der Waals surface area contributed by atoms with Crippen LogP contribution in [-0.4, -0.2) is 12.5 Å². The van der Waals surface area contributed by atoms with Gasteiger partial charge in [0.2, 0.25) is 0 Å². The average molecular weight is 232 g/mol. The number of halogens is 2. The van der Waals surface area contributed by atoms with Gasteiger partial charge in [0.1, 0.15) is 5.82 Å². The van der Waals surface area contributed by atoms with Crippen molar-refractivity contribution in [2.45, 2.75) is 6.92 Å². The van der Waals surface area contributed by atoms with Gasteiger partial charge in [-0.15, -0.1) is 0 Å². The van der Waals surface area contributed by atoms with Crippen LogP contribution in [0.3, 0.4) is 0 Å². The number of hydrogen-bond donors (Lipinski definition) is 0. The van der Waals surface area contributed by atoms with Crippen molar-refractivity contribution in [3.63, 3.8) is 0 Å². The predicted octanol–water partition coefficient (Wildman–Crippen LogP) is 2.92. The van der Waals surface area contributed by atoms with Crippen molar-refractivity contribution in [3.8, 4) is 0 Å². The molecule has 12 heavy (non-hydrogen) atoms. The summed E-state index contributed by atoms with van der Waals surface area (Å²) in [7, 11) is 1.95. The van der Waals surface area contributed by atoms with Gasteiger partial charge in [0.05, 0.1) is 5.45 Å². The Labute approximate surface area is 80.3 Å². The number of aryl methyl sites for hydroxylation is 1. The van der Waals surface area contributed by atoms with Crippen molar-refractivity contribution in [3.05, 3.63) is 29.6 Å². The van der Waals surface area contributed by atoms with Gasteiger partial charge in [-0.2, -0.15) is 0 Å². The average Bonchev–Trinajstić information content (AvgIpc) is 2.08. The molecule has 0 radical (unpaired) electrons. The van der Waals surface area contributed by atoms with Crippen LogP contribution < -0.4 is 4.90 Å². The lowest BCUT2D eigenvalue weighted by molar-refractivity contribution is 0.618. The van der Waals surface area contributed by atoms with Crippen LogP contribution in [0.4, 0.5) is 10.1 Å². The van der Waals surface area contributed by atoms with E-state index in [4.69, 9.17) is 0 Å². The first kappa shape index (κ1) is 9.52. The molecule has 0 unspecified atom stereocenters. The van der Waals surface area contributed by atoms with E-state index in [1.54, 1.807) is 13.0 Å². The zero-order valence-electron chi connectivity index (χ0n) is 7.14. The Morgan fingerprint density at radius 3 is 2.67 bits per heavy atom. The smallest absolute Gasteiger partial charge is 0.126 e. The van der Waals surface area contributed by atoms with Crippen molar-refractivity contribution in [2.24, 2.45) is 0 Å². The minimum atomic E-state index is -0.151. The molecular formula is C9H11BrFN. The first-order chi connectivity index (χ1) is 5.65. The summed E-state index contributed by atoms with van der Waals surface area (Å²) in [6.07, 6.45) is 0. The van der Waals surface area contributed by atoms with Crippen LogP contribution in [0.25, 0.3) is 0 Å². The molecule has 0 spiro atoms. The molecular weight excluding hydrogens is 221 g/mol. The van der Waals surface area contributed by atoms with Crippen LogP contribution in [0.5, 0.6) is 0 Å². The minimum Gasteiger partial charge on any atom is -0.365 e. The minimum absolute atomic E-state index is 0.151. The monoisotopic (exact) mass is 231 g/mol. The van der Waals surface area contributed by atoms with E-state index in [9.17, 15) is 4.39 Å². The maximum absolute atomic E-state index is 12.8. The summed E-state index contributed by atoms with van der Waals surface area (Å²) in [5, 5.41) is 0. The van der Waals surface area contributed by atoms with E-state index in [-0.39, 0.29) is 5.82 Å². The van der Waals surface area contributed by atoms with Crippen LogP contribution >= 0.6 is 15.9 Å². The number of rotatable bonds is 2. The molecule has 66 valence electrons. The van der Waals surface area contributed by atoms with Crippen LogP contribution in [0.2, 0.25) is 0 Å². The Hall–Kier alpha value is -0.570. The maximum atomic E-state index is 12.8. The lowest BCUT2D eigenvalue weighted by Gasteiger charge is -2.16. The zero-order valence-corrected chi connectivity index (χ0v) is 8.73. The van der Waals surface area contributed by atoms with Gasteiger partial charge >= 0.3 is 0 Å². The molecule has 0 saturated heterocycles. The molecule has 0 amide bonds. The predicted molar refractivity (Wildman–Crippen MR) is 53.3 cm³/mol. The number of hydrogen-bond acceptors (Lipinski definition) is 1. The van der Waals surface area contributed by atoms with Gasteiger partial charge in [-0.05, 0) is 30.7 Å². The summed E-state index contributed by atoms with van der Waals surface area (Å²) in [6.45, 7) is 1.76. The van der Waals surface area contributed by atoms with Crippen LogP contribution in [0, 0.1) is 12.7 Å². The highest BCUT2D eigenvalue weighted by atomic mass is 79.9. The van der Waals surface area contributed by atoms with E-state index >= 15 is 0 Å². The van der Waals surface area contributed by atoms with E-state index in [2.05, 4.69) is 15.9 Å². The van der Waals surface area contributed by atoms with Crippen LogP contribution in [0.1, 0.15) is 5.56 Å². The maximum Gasteiger partial charge on any atom is 0.126 e. The standard InChI is InChI=1S/C9H11BrFN/c1-7-5-8(12(2)6-10)3-4-9(7)11/h3-5H,6H2,1-2H3. The molecule has 0 fully saturated rings. The third-order valence-electron chi connectivity index (χ3n) is 1.76. The summed E-state index contributed by atoms with van der Waals surface area (Å²) in [5.74, 6) is -0.151. The Morgan fingerprint density at radius 1 is 1.50 bits per heavy atom. The molecule has 0 heterocycles. The van der Waals surface area contributed by atoms with Gasteiger partial charge in [-0.25, -0.2) is 4.39 Å². The van der Waals surface area contributed by atoms with Gasteiger partial charge in [0.25, 0.3) is 0 Å². The van der Waals surface area contributed by atoms with E-state index in [0.717, 1.165) is 11.1 Å². The molecule has 0 bridgehead atoms. The molecule has 1 aromatic rings. The molecule has 1 rings (SSSR count). The van der Waals surface area contributed by atoms with Crippen molar-refractivity contribution >= 4 is 21.6 Å². The molecule has 0 aliphatic rings. The second kappa shape index (κ2) is 3.90. The second-order valence-electron chi connectivity index (χ2n) is 2.75. The number of nitrogens with zero attached hydrogens (tertiary/aromatic N) is 1. The first-order valence-corrected chi connectivity index (χ1v) is 4.80. The second-order valence-corrected chi connectivity index (χ2v) is 3.25. The highest BCUT2D eigenvalue weighted by Gasteiger charge is 2.01. The van der Waals surface area contributed by atoms with Crippen molar-refractivity contribution < 1.29 is 4.39 Å². The fraction of sp³-hybridized carbons (Fsp3) is 0.333. The number of benzene rings is 1. The molecule has 0 aromatic heterocycles. The number of anilines is 1. The molecule has 0 atom stereocenters. The Morgan fingerprint density at radius 2 is 2.17 bits per heavy atom. The fourth-order valence-electron chi connectivity index (χ4n) is 0.935. The zero-order chi connectivity index (χ0) is 9.14. The van der Waals surface area contributed by atoms with E-state index in [1.165, 1.54) is 6.07 Å². The van der Waals surface area contributed by atoms with Gasteiger partial charge < -0.3 is 4.90 Å². The summed E-state index contributed by atoms with van der Waals surface area (Å²) in [6, 6.07) is 5.09. The molecule has 1 nitrogen and oxygen atoms in total. The summed E-state index contributed by atoms with van der Waals surface area (Å²) >= 11 is 3.33. The highest BCUT2D eigenvalue weighted by Crippen LogP contribution is 2.17. The normalized spacial score (nSPS) is 10.0. The van der Waals surface area contributed by atoms with Crippen molar-refractivity contribution in [2.75, 3.05) is 17.4 Å². The SMILES string of the molecule is Cc1cc(N(C)CBr)ccc1F. The molecule has 1 aromatic carbocycles. The molecule has 0 aliphatic heterocycles. The third-order valence-corrected chi connectivity index (χ3v) is 2.51. The van der Waals surface area contributed by atoms with E-state index < -0.39 is 0 Å². The molecule has 3 heteroatoms. The van der Waals surface area contributed by atoms with E-state index in [0.29, 0.717) is 5.56 Å². The van der Waals surface area contributed by atoms with Gasteiger partial charge in [-0.3, -0.25) is 0 Å². The summed E-state index contributed by atoms with van der Waals surface area (Å²) in [4.78, 5) is 1.99. The third kappa shape index (κ3) is 1.97. The van der Waals surface area contributed by atoms with Crippen LogP contribution in [-0.2, 0) is 0 Å². The lowest BCUT2D eigenvalue weighted by atomic mass is 10.2. The fourth-order valence-corrected chi connectivity index (χ4v) is 1.22. The largest absolute Gasteiger partial charge is 0.365 e. The van der Waals surface area contributed by atoms with E-state index in [1.807, 2.05) is 18.0 Å².